The Balaban J connectivity index is 1.43. The first kappa shape index (κ1) is 29.0. The molecule has 0 spiro atoms. The summed E-state index contributed by atoms with van der Waals surface area (Å²) in [7, 11) is 0. The molecular formula is C32H31FO6. The molecule has 202 valence electrons. The predicted molar refractivity (Wildman–Crippen MR) is 147 cm³/mol. The van der Waals surface area contributed by atoms with Crippen molar-refractivity contribution in [3.8, 4) is 29.1 Å². The molecule has 0 radical (unpaired) electrons. The highest BCUT2D eigenvalue weighted by Crippen LogP contribution is 2.21. The van der Waals surface area contributed by atoms with E-state index in [1.165, 1.54) is 12.1 Å². The van der Waals surface area contributed by atoms with Crippen molar-refractivity contribution in [2.24, 2.45) is 0 Å². The summed E-state index contributed by atoms with van der Waals surface area (Å²) in [5.74, 6) is 5.32. The number of hydrogen-bond acceptors (Lipinski definition) is 6. The Kier molecular flexibility index (Phi) is 11.6. The summed E-state index contributed by atoms with van der Waals surface area (Å²) in [6.45, 7) is 6.76. The molecule has 0 unspecified atom stereocenters. The molecule has 7 heteroatoms. The van der Waals surface area contributed by atoms with Gasteiger partial charge in [-0.25, -0.2) is 14.0 Å². The van der Waals surface area contributed by atoms with Crippen molar-refractivity contribution in [3.63, 3.8) is 0 Å². The van der Waals surface area contributed by atoms with Crippen molar-refractivity contribution in [1.82, 2.24) is 0 Å². The number of halogens is 1. The van der Waals surface area contributed by atoms with Gasteiger partial charge in [0.2, 0.25) is 0 Å². The highest BCUT2D eigenvalue weighted by molar-refractivity contribution is 5.91. The molecule has 6 nitrogen and oxygen atoms in total. The van der Waals surface area contributed by atoms with E-state index in [0.717, 1.165) is 43.1 Å². The second-order valence-corrected chi connectivity index (χ2v) is 8.40. The molecule has 0 saturated heterocycles. The van der Waals surface area contributed by atoms with Crippen LogP contribution < -0.4 is 14.2 Å². The fraction of sp³-hybridized carbons (Fsp3) is 0.250. The Morgan fingerprint density at radius 1 is 0.821 bits per heavy atom. The number of hydrogen-bond donors (Lipinski definition) is 0. The summed E-state index contributed by atoms with van der Waals surface area (Å²) in [6, 6.07) is 18.0. The summed E-state index contributed by atoms with van der Waals surface area (Å²) in [4.78, 5) is 23.4. The third-order valence-corrected chi connectivity index (χ3v) is 5.46. The van der Waals surface area contributed by atoms with Crippen molar-refractivity contribution in [2.45, 2.75) is 32.6 Å². The molecule has 3 aromatic rings. The number of esters is 2. The fourth-order valence-electron chi connectivity index (χ4n) is 3.43. The molecule has 0 bridgehead atoms. The molecule has 0 aromatic heterocycles. The molecule has 0 aliphatic rings. The number of ether oxygens (including phenoxy) is 4. The lowest BCUT2D eigenvalue weighted by Gasteiger charge is -2.08. The Morgan fingerprint density at radius 2 is 1.44 bits per heavy atom. The van der Waals surface area contributed by atoms with Crippen molar-refractivity contribution in [2.75, 3.05) is 19.8 Å². The zero-order valence-electron chi connectivity index (χ0n) is 21.9. The molecule has 0 saturated carbocycles. The van der Waals surface area contributed by atoms with Crippen molar-refractivity contribution >= 4 is 11.9 Å². The van der Waals surface area contributed by atoms with Crippen molar-refractivity contribution in [3.05, 3.63) is 102 Å². The zero-order chi connectivity index (χ0) is 27.9. The van der Waals surface area contributed by atoms with E-state index < -0.39 is 17.8 Å². The number of carbonyl (C=O) groups is 2. The number of rotatable bonds is 13. The van der Waals surface area contributed by atoms with Crippen molar-refractivity contribution in [1.29, 1.82) is 0 Å². The van der Waals surface area contributed by atoms with E-state index in [1.54, 1.807) is 30.3 Å². The van der Waals surface area contributed by atoms with E-state index in [2.05, 4.69) is 18.4 Å². The van der Waals surface area contributed by atoms with Gasteiger partial charge < -0.3 is 18.9 Å². The number of unbranched alkanes of at least 4 members (excludes halogenated alkanes) is 3. The predicted octanol–water partition coefficient (Wildman–Crippen LogP) is 6.51. The Bertz CT molecular complexity index is 1300. The molecule has 3 aromatic carbocycles. The van der Waals surface area contributed by atoms with Gasteiger partial charge in [0.05, 0.1) is 25.4 Å². The van der Waals surface area contributed by atoms with E-state index >= 15 is 0 Å². The van der Waals surface area contributed by atoms with E-state index in [4.69, 9.17) is 18.9 Å². The molecule has 0 fully saturated rings. The lowest BCUT2D eigenvalue weighted by Crippen LogP contribution is -2.09. The zero-order valence-corrected chi connectivity index (χ0v) is 21.9. The highest BCUT2D eigenvalue weighted by Gasteiger charge is 2.12. The fourth-order valence-corrected chi connectivity index (χ4v) is 3.43. The topological polar surface area (TPSA) is 71.1 Å². The summed E-state index contributed by atoms with van der Waals surface area (Å²) in [5, 5.41) is 0. The summed E-state index contributed by atoms with van der Waals surface area (Å²) in [5.41, 5.74) is 1.50. The molecule has 0 aliphatic carbocycles. The van der Waals surface area contributed by atoms with Crippen LogP contribution >= 0.6 is 0 Å². The average Bonchev–Trinajstić information content (AvgIpc) is 2.95. The molecular weight excluding hydrogens is 499 g/mol. The Hall–Kier alpha value is -4.57. The number of carbonyl (C=O) groups excluding carboxylic acids is 2. The van der Waals surface area contributed by atoms with Gasteiger partial charge >= 0.3 is 11.9 Å². The summed E-state index contributed by atoms with van der Waals surface area (Å²) < 4.78 is 35.8. The Labute approximate surface area is 228 Å². The first-order valence-corrected chi connectivity index (χ1v) is 12.8. The number of benzene rings is 3. The Morgan fingerprint density at radius 3 is 2.10 bits per heavy atom. The molecule has 0 aliphatic heterocycles. The van der Waals surface area contributed by atoms with Crippen LogP contribution in [0.15, 0.2) is 79.4 Å². The maximum absolute atomic E-state index is 14.6. The molecule has 0 atom stereocenters. The molecule has 0 N–H and O–H groups in total. The van der Waals surface area contributed by atoms with Gasteiger partial charge in [-0.2, -0.15) is 0 Å². The van der Waals surface area contributed by atoms with Crippen LogP contribution in [0.2, 0.25) is 0 Å². The van der Waals surface area contributed by atoms with Crippen LogP contribution in [-0.4, -0.2) is 31.8 Å². The van der Waals surface area contributed by atoms with Gasteiger partial charge in [-0.05, 0) is 99.3 Å². The quantitative estimate of drug-likeness (QED) is 0.0825. The van der Waals surface area contributed by atoms with Gasteiger partial charge in [0, 0.05) is 17.2 Å². The lowest BCUT2D eigenvalue weighted by atomic mass is 10.1. The van der Waals surface area contributed by atoms with E-state index in [0.29, 0.717) is 31.1 Å². The minimum Gasteiger partial charge on any atom is -0.494 e. The molecule has 0 heterocycles. The molecule has 0 amide bonds. The molecule has 3 rings (SSSR count). The normalized spacial score (nSPS) is 10.1. The van der Waals surface area contributed by atoms with Gasteiger partial charge in [0.15, 0.2) is 11.6 Å². The smallest absolute Gasteiger partial charge is 0.343 e. The van der Waals surface area contributed by atoms with Crippen LogP contribution in [-0.2, 0) is 9.53 Å². The van der Waals surface area contributed by atoms with E-state index in [9.17, 15) is 14.0 Å². The van der Waals surface area contributed by atoms with Gasteiger partial charge in [-0.1, -0.05) is 18.4 Å². The lowest BCUT2D eigenvalue weighted by molar-refractivity contribution is -0.137. The second-order valence-electron chi connectivity index (χ2n) is 8.40. The van der Waals surface area contributed by atoms with Crippen LogP contribution in [0.25, 0.3) is 0 Å². The molecule has 39 heavy (non-hydrogen) atoms. The van der Waals surface area contributed by atoms with Gasteiger partial charge in [-0.15, -0.1) is 0 Å². The third kappa shape index (κ3) is 10.0. The first-order valence-electron chi connectivity index (χ1n) is 12.8. The first-order chi connectivity index (χ1) is 19.0. The van der Waals surface area contributed by atoms with E-state index in [1.807, 2.05) is 31.2 Å². The van der Waals surface area contributed by atoms with Crippen LogP contribution in [0.4, 0.5) is 4.39 Å². The second kappa shape index (κ2) is 15.6. The van der Waals surface area contributed by atoms with Crippen LogP contribution in [0, 0.1) is 17.7 Å². The van der Waals surface area contributed by atoms with Gasteiger partial charge in [0.25, 0.3) is 0 Å². The van der Waals surface area contributed by atoms with Gasteiger partial charge in [0.1, 0.15) is 11.5 Å². The third-order valence-electron chi connectivity index (χ3n) is 5.46. The monoisotopic (exact) mass is 530 g/mol. The SMILES string of the molecule is C=CC(=O)OCCCCCCOc1ccc(C(=O)Oc2ccc(C#Cc3ccc(OCC)cc3)cc2F)cc1. The average molecular weight is 531 g/mol. The van der Waals surface area contributed by atoms with E-state index in [-0.39, 0.29) is 11.3 Å². The highest BCUT2D eigenvalue weighted by atomic mass is 19.1. The largest absolute Gasteiger partial charge is 0.494 e. The standard InChI is InChI=1S/C32H31FO6/c1-3-31(34)38-22-8-6-5-7-21-37-28-18-14-26(15-19-28)32(35)39-30-20-13-25(23-29(30)33)10-9-24-11-16-27(17-12-24)36-4-2/h3,11-20,23H,1,4-8,21-22H2,2H3. The summed E-state index contributed by atoms with van der Waals surface area (Å²) >= 11 is 0. The minimum absolute atomic E-state index is 0.175. The summed E-state index contributed by atoms with van der Waals surface area (Å²) in [6.07, 6.45) is 4.64. The maximum atomic E-state index is 14.6. The van der Waals surface area contributed by atoms with Gasteiger partial charge in [-0.3, -0.25) is 0 Å². The minimum atomic E-state index is -0.680. The maximum Gasteiger partial charge on any atom is 0.343 e. The van der Waals surface area contributed by atoms with Crippen molar-refractivity contribution < 1.29 is 32.9 Å². The van der Waals surface area contributed by atoms with Crippen LogP contribution in [0.1, 0.15) is 54.1 Å². The van der Waals surface area contributed by atoms with Crippen LogP contribution in [0.3, 0.4) is 0 Å². The van der Waals surface area contributed by atoms with Crippen LogP contribution in [0.5, 0.6) is 17.2 Å².